The smallest absolute Gasteiger partial charge is 0.328 e. The van der Waals surface area contributed by atoms with E-state index < -0.39 is 6.04 Å². The molecular weight excluding hydrogens is 357 g/mol. The maximum absolute atomic E-state index is 12.4. The molecule has 0 N–H and O–H groups in total. The summed E-state index contributed by atoms with van der Waals surface area (Å²) in [6.45, 7) is 2.74. The van der Waals surface area contributed by atoms with Gasteiger partial charge >= 0.3 is 5.97 Å². The Morgan fingerprint density at radius 2 is 2.05 bits per heavy atom. The minimum absolute atomic E-state index is 0.0908. The second-order valence-corrected chi connectivity index (χ2v) is 5.66. The maximum atomic E-state index is 12.4. The lowest BCUT2D eigenvalue weighted by Crippen LogP contribution is -2.41. The van der Waals surface area contributed by atoms with E-state index in [1.807, 2.05) is 12.1 Å². The SMILES string of the molecule is CCOC(=O)C1CCCN1C(=O)c1ccc(I)cc1. The summed E-state index contributed by atoms with van der Waals surface area (Å²) in [6.07, 6.45) is 1.54. The number of esters is 1. The summed E-state index contributed by atoms with van der Waals surface area (Å²) in [6, 6.07) is 6.95. The first-order valence-electron chi connectivity index (χ1n) is 6.36. The fourth-order valence-corrected chi connectivity index (χ4v) is 2.61. The Morgan fingerprint density at radius 3 is 2.68 bits per heavy atom. The molecule has 4 nitrogen and oxygen atoms in total. The van der Waals surface area contributed by atoms with Crippen molar-refractivity contribution in [3.8, 4) is 0 Å². The van der Waals surface area contributed by atoms with Crippen LogP contribution in [0.15, 0.2) is 24.3 Å². The van der Waals surface area contributed by atoms with Crippen molar-refractivity contribution in [1.82, 2.24) is 4.90 Å². The number of benzene rings is 1. The molecule has 0 radical (unpaired) electrons. The number of hydrogen-bond acceptors (Lipinski definition) is 3. The number of hydrogen-bond donors (Lipinski definition) is 0. The van der Waals surface area contributed by atoms with E-state index in [2.05, 4.69) is 22.6 Å². The molecule has 1 aromatic carbocycles. The van der Waals surface area contributed by atoms with Crippen molar-refractivity contribution in [1.29, 1.82) is 0 Å². The van der Waals surface area contributed by atoms with Crippen LogP contribution in [0.4, 0.5) is 0 Å². The van der Waals surface area contributed by atoms with Crippen molar-refractivity contribution in [2.75, 3.05) is 13.2 Å². The van der Waals surface area contributed by atoms with Crippen LogP contribution in [0.2, 0.25) is 0 Å². The van der Waals surface area contributed by atoms with Gasteiger partial charge in [0.2, 0.25) is 0 Å². The van der Waals surface area contributed by atoms with Crippen LogP contribution < -0.4 is 0 Å². The van der Waals surface area contributed by atoms with Gasteiger partial charge in [-0.15, -0.1) is 0 Å². The van der Waals surface area contributed by atoms with E-state index in [9.17, 15) is 9.59 Å². The van der Waals surface area contributed by atoms with E-state index in [1.54, 1.807) is 24.0 Å². The van der Waals surface area contributed by atoms with Gasteiger partial charge in [-0.3, -0.25) is 4.79 Å². The molecule has 1 heterocycles. The molecule has 19 heavy (non-hydrogen) atoms. The van der Waals surface area contributed by atoms with Crippen molar-refractivity contribution in [3.63, 3.8) is 0 Å². The second-order valence-electron chi connectivity index (χ2n) is 4.42. The molecule has 1 unspecified atom stereocenters. The molecule has 1 aromatic rings. The van der Waals surface area contributed by atoms with Gasteiger partial charge < -0.3 is 9.64 Å². The molecule has 1 aliphatic heterocycles. The summed E-state index contributed by atoms with van der Waals surface area (Å²) in [7, 11) is 0. The third-order valence-electron chi connectivity index (χ3n) is 3.16. The zero-order valence-corrected chi connectivity index (χ0v) is 12.9. The van der Waals surface area contributed by atoms with Gasteiger partial charge in [-0.25, -0.2) is 4.79 Å². The van der Waals surface area contributed by atoms with E-state index in [1.165, 1.54) is 0 Å². The first-order valence-corrected chi connectivity index (χ1v) is 7.44. The largest absolute Gasteiger partial charge is 0.464 e. The van der Waals surface area contributed by atoms with E-state index >= 15 is 0 Å². The van der Waals surface area contributed by atoms with Crippen LogP contribution in [0, 0.1) is 3.57 Å². The molecule has 2 rings (SSSR count). The van der Waals surface area contributed by atoms with E-state index in [4.69, 9.17) is 4.74 Å². The molecule has 5 heteroatoms. The summed E-state index contributed by atoms with van der Waals surface area (Å²) >= 11 is 2.19. The fraction of sp³-hybridized carbons (Fsp3) is 0.429. The molecule has 102 valence electrons. The predicted octanol–water partition coefficient (Wildman–Crippen LogP) is 2.46. The number of likely N-dealkylation sites (tertiary alicyclic amines) is 1. The standard InChI is InChI=1S/C14H16INO3/c1-2-19-14(18)12-4-3-9-16(12)13(17)10-5-7-11(15)8-6-10/h5-8,12H,2-4,9H2,1H3. The monoisotopic (exact) mass is 373 g/mol. The van der Waals surface area contributed by atoms with Crippen molar-refractivity contribution in [3.05, 3.63) is 33.4 Å². The van der Waals surface area contributed by atoms with E-state index in [0.717, 1.165) is 9.99 Å². The fourth-order valence-electron chi connectivity index (χ4n) is 2.25. The summed E-state index contributed by atoms with van der Waals surface area (Å²) in [4.78, 5) is 25.8. The number of amides is 1. The van der Waals surface area contributed by atoms with Gasteiger partial charge in [0.25, 0.3) is 5.91 Å². The topological polar surface area (TPSA) is 46.6 Å². The molecule has 0 spiro atoms. The van der Waals surface area contributed by atoms with Gasteiger partial charge in [-0.1, -0.05) is 0 Å². The Labute approximate surface area is 126 Å². The third kappa shape index (κ3) is 3.26. The molecule has 1 amide bonds. The highest BCUT2D eigenvalue weighted by Gasteiger charge is 2.35. The lowest BCUT2D eigenvalue weighted by molar-refractivity contribution is -0.147. The maximum Gasteiger partial charge on any atom is 0.328 e. The van der Waals surface area contributed by atoms with Gasteiger partial charge in [0, 0.05) is 15.7 Å². The minimum atomic E-state index is -0.424. The van der Waals surface area contributed by atoms with Crippen LogP contribution in [-0.4, -0.2) is 36.0 Å². The number of ether oxygens (including phenoxy) is 1. The minimum Gasteiger partial charge on any atom is -0.464 e. The van der Waals surface area contributed by atoms with E-state index in [-0.39, 0.29) is 11.9 Å². The lowest BCUT2D eigenvalue weighted by Gasteiger charge is -2.23. The summed E-state index contributed by atoms with van der Waals surface area (Å²) in [5.74, 6) is -0.384. The Hall–Kier alpha value is -1.11. The average Bonchev–Trinajstić information content (AvgIpc) is 2.88. The van der Waals surface area contributed by atoms with Crippen molar-refractivity contribution in [2.45, 2.75) is 25.8 Å². The zero-order valence-electron chi connectivity index (χ0n) is 10.8. The zero-order chi connectivity index (χ0) is 13.8. The van der Waals surface area contributed by atoms with Crippen molar-refractivity contribution < 1.29 is 14.3 Å². The third-order valence-corrected chi connectivity index (χ3v) is 3.88. The Bertz CT molecular complexity index is 472. The highest BCUT2D eigenvalue weighted by atomic mass is 127. The number of carbonyl (C=O) groups is 2. The number of rotatable bonds is 3. The van der Waals surface area contributed by atoms with Crippen LogP contribution in [-0.2, 0) is 9.53 Å². The van der Waals surface area contributed by atoms with Gasteiger partial charge in [0.1, 0.15) is 6.04 Å². The molecule has 1 fully saturated rings. The van der Waals surface area contributed by atoms with Crippen LogP contribution >= 0.6 is 22.6 Å². The molecule has 0 aromatic heterocycles. The number of halogens is 1. The van der Waals surface area contributed by atoms with Crippen LogP contribution in [0.25, 0.3) is 0 Å². The average molecular weight is 373 g/mol. The Morgan fingerprint density at radius 1 is 1.37 bits per heavy atom. The van der Waals surface area contributed by atoms with E-state index in [0.29, 0.717) is 25.1 Å². The summed E-state index contributed by atoms with van der Waals surface area (Å²) < 4.78 is 6.11. The molecular formula is C14H16INO3. The van der Waals surface area contributed by atoms with Gasteiger partial charge in [0.05, 0.1) is 6.61 Å². The lowest BCUT2D eigenvalue weighted by atomic mass is 10.1. The molecule has 0 bridgehead atoms. The van der Waals surface area contributed by atoms with Gasteiger partial charge in [-0.2, -0.15) is 0 Å². The molecule has 1 atom stereocenters. The highest BCUT2D eigenvalue weighted by molar-refractivity contribution is 14.1. The first kappa shape index (κ1) is 14.3. The van der Waals surface area contributed by atoms with Gasteiger partial charge in [-0.05, 0) is 66.6 Å². The molecule has 1 aliphatic rings. The summed E-state index contributed by atoms with van der Waals surface area (Å²) in [5, 5.41) is 0. The van der Waals surface area contributed by atoms with Crippen LogP contribution in [0.5, 0.6) is 0 Å². The molecule has 1 saturated heterocycles. The Kier molecular flexibility index (Phi) is 4.79. The first-order chi connectivity index (χ1) is 9.13. The van der Waals surface area contributed by atoms with Crippen LogP contribution in [0.3, 0.4) is 0 Å². The van der Waals surface area contributed by atoms with Crippen LogP contribution in [0.1, 0.15) is 30.1 Å². The normalized spacial score (nSPS) is 18.4. The quantitative estimate of drug-likeness (QED) is 0.604. The number of carbonyl (C=O) groups excluding carboxylic acids is 2. The van der Waals surface area contributed by atoms with Crippen molar-refractivity contribution in [2.24, 2.45) is 0 Å². The molecule has 0 aliphatic carbocycles. The molecule has 0 saturated carbocycles. The number of nitrogens with zero attached hydrogens (tertiary/aromatic N) is 1. The Balaban J connectivity index is 2.13. The highest BCUT2D eigenvalue weighted by Crippen LogP contribution is 2.21. The second kappa shape index (κ2) is 6.36. The van der Waals surface area contributed by atoms with Crippen molar-refractivity contribution >= 4 is 34.5 Å². The summed E-state index contributed by atoms with van der Waals surface area (Å²) in [5.41, 5.74) is 0.622. The van der Waals surface area contributed by atoms with Gasteiger partial charge in [0.15, 0.2) is 0 Å². The predicted molar refractivity (Wildman–Crippen MR) is 79.9 cm³/mol.